The van der Waals surface area contributed by atoms with Crippen LogP contribution in [0.25, 0.3) is 0 Å². The first kappa shape index (κ1) is 26.2. The second-order valence-corrected chi connectivity index (χ2v) is 10.3. The fraction of sp³-hybridized carbons (Fsp3) is 0.346. The van der Waals surface area contributed by atoms with Gasteiger partial charge in [-0.25, -0.2) is 14.4 Å². The van der Waals surface area contributed by atoms with Crippen molar-refractivity contribution in [3.05, 3.63) is 63.9 Å². The zero-order valence-corrected chi connectivity index (χ0v) is 22.2. The Morgan fingerprint density at radius 3 is 2.50 bits per heavy atom. The molecule has 1 saturated heterocycles. The molecular formula is C26H30ClFN6OS. The van der Waals surface area contributed by atoms with Crippen LogP contribution in [0.1, 0.15) is 19.8 Å². The molecular weight excluding hydrogens is 499 g/mol. The van der Waals surface area contributed by atoms with Gasteiger partial charge in [-0.2, -0.15) is 0 Å². The quantitative estimate of drug-likeness (QED) is 0.413. The van der Waals surface area contributed by atoms with Gasteiger partial charge in [0, 0.05) is 36.1 Å². The van der Waals surface area contributed by atoms with Crippen molar-refractivity contribution < 1.29 is 9.18 Å². The maximum atomic E-state index is 14.4. The van der Waals surface area contributed by atoms with Gasteiger partial charge in [-0.3, -0.25) is 9.69 Å². The molecule has 36 heavy (non-hydrogen) atoms. The van der Waals surface area contributed by atoms with Crippen molar-refractivity contribution in [2.45, 2.75) is 25.8 Å². The molecule has 0 unspecified atom stereocenters. The van der Waals surface area contributed by atoms with Gasteiger partial charge in [0.25, 0.3) is 5.91 Å². The summed E-state index contributed by atoms with van der Waals surface area (Å²) >= 11 is 7.47. The van der Waals surface area contributed by atoms with Crippen LogP contribution in [-0.4, -0.2) is 62.6 Å². The summed E-state index contributed by atoms with van der Waals surface area (Å²) in [5.74, 6) is -0.442. The third-order valence-corrected chi connectivity index (χ3v) is 7.83. The number of benzene rings is 2. The number of thioether (sulfide) groups is 1. The lowest BCUT2D eigenvalue weighted by Gasteiger charge is -2.36. The van der Waals surface area contributed by atoms with Crippen molar-refractivity contribution in [1.29, 1.82) is 0 Å². The molecule has 2 aromatic carbocycles. The highest BCUT2D eigenvalue weighted by molar-refractivity contribution is 8.03. The monoisotopic (exact) mass is 528 g/mol. The van der Waals surface area contributed by atoms with Gasteiger partial charge in [0.1, 0.15) is 10.8 Å². The first-order chi connectivity index (χ1) is 17.3. The third kappa shape index (κ3) is 5.74. The molecule has 190 valence electrons. The molecule has 7 nitrogen and oxygen atoms in total. The van der Waals surface area contributed by atoms with Gasteiger partial charge in [0.15, 0.2) is 0 Å². The second-order valence-electron chi connectivity index (χ2n) is 8.95. The lowest BCUT2D eigenvalue weighted by atomic mass is 10.0. The molecule has 1 fully saturated rings. The van der Waals surface area contributed by atoms with Gasteiger partial charge in [0.05, 0.1) is 16.6 Å². The minimum atomic E-state index is -0.545. The SMILES string of the molecule is C=NC(=NC1=C(C)C(=O)N(c2c(F)cccc2Cl)CS1)Nc1ccc(N2CCC(N(C)C)CC2)cc1. The van der Waals surface area contributed by atoms with E-state index in [0.29, 0.717) is 16.6 Å². The molecule has 0 aliphatic carbocycles. The number of anilines is 3. The summed E-state index contributed by atoms with van der Waals surface area (Å²) in [5, 5.41) is 3.85. The molecule has 2 aromatic rings. The van der Waals surface area contributed by atoms with Crippen LogP contribution < -0.4 is 15.1 Å². The molecule has 2 aliphatic heterocycles. The summed E-state index contributed by atoms with van der Waals surface area (Å²) in [5.41, 5.74) is 2.45. The molecule has 0 aromatic heterocycles. The van der Waals surface area contributed by atoms with Crippen LogP contribution in [-0.2, 0) is 4.79 Å². The van der Waals surface area contributed by atoms with Crippen LogP contribution in [0.3, 0.4) is 0 Å². The topological polar surface area (TPSA) is 63.5 Å². The Labute approximate surface area is 220 Å². The molecule has 1 amide bonds. The maximum absolute atomic E-state index is 14.4. The smallest absolute Gasteiger partial charge is 0.257 e. The Balaban J connectivity index is 1.45. The summed E-state index contributed by atoms with van der Waals surface area (Å²) < 4.78 is 14.4. The number of carbonyl (C=O) groups is 1. The molecule has 0 bridgehead atoms. The molecule has 0 radical (unpaired) electrons. The number of carbonyl (C=O) groups excluding carboxylic acids is 1. The van der Waals surface area contributed by atoms with Crippen molar-refractivity contribution >= 4 is 59.0 Å². The Morgan fingerprint density at radius 1 is 1.19 bits per heavy atom. The van der Waals surface area contributed by atoms with E-state index in [0.717, 1.165) is 31.6 Å². The number of rotatable bonds is 5. The van der Waals surface area contributed by atoms with Crippen LogP contribution in [0, 0.1) is 5.82 Å². The minimum absolute atomic E-state index is 0.0743. The number of piperidine rings is 1. The predicted octanol–water partition coefficient (Wildman–Crippen LogP) is 5.45. The zero-order chi connectivity index (χ0) is 25.8. The number of nitrogens with one attached hydrogen (secondary N) is 1. The number of aliphatic imine (C=N–C) groups is 2. The summed E-state index contributed by atoms with van der Waals surface area (Å²) in [7, 11) is 4.28. The van der Waals surface area contributed by atoms with E-state index in [4.69, 9.17) is 11.6 Å². The molecule has 10 heteroatoms. The van der Waals surface area contributed by atoms with Crippen LogP contribution in [0.4, 0.5) is 21.5 Å². The lowest BCUT2D eigenvalue weighted by Crippen LogP contribution is -2.41. The minimum Gasteiger partial charge on any atom is -0.371 e. The van der Waals surface area contributed by atoms with E-state index in [1.807, 2.05) is 12.1 Å². The van der Waals surface area contributed by atoms with Crippen LogP contribution >= 0.6 is 23.4 Å². The highest BCUT2D eigenvalue weighted by Gasteiger charge is 2.29. The van der Waals surface area contributed by atoms with Gasteiger partial charge >= 0.3 is 0 Å². The first-order valence-electron chi connectivity index (χ1n) is 11.7. The molecule has 0 atom stereocenters. The molecule has 0 spiro atoms. The van der Waals surface area contributed by atoms with Crippen LogP contribution in [0.15, 0.2) is 63.1 Å². The van der Waals surface area contributed by atoms with Crippen molar-refractivity contribution in [2.75, 3.05) is 48.2 Å². The second kappa shape index (κ2) is 11.5. The third-order valence-electron chi connectivity index (χ3n) is 6.47. The van der Waals surface area contributed by atoms with E-state index in [9.17, 15) is 9.18 Å². The number of halogens is 2. The van der Waals surface area contributed by atoms with E-state index in [1.54, 1.807) is 13.0 Å². The Bertz CT molecular complexity index is 1170. The van der Waals surface area contributed by atoms with Gasteiger partial charge in [-0.15, -0.1) is 0 Å². The Hall–Kier alpha value is -2.88. The van der Waals surface area contributed by atoms with Gasteiger partial charge < -0.3 is 15.1 Å². The highest BCUT2D eigenvalue weighted by atomic mass is 35.5. The number of hydrogen-bond acceptors (Lipinski definition) is 5. The van der Waals surface area contributed by atoms with Crippen molar-refractivity contribution in [1.82, 2.24) is 4.90 Å². The predicted molar refractivity (Wildman–Crippen MR) is 150 cm³/mol. The molecule has 0 saturated carbocycles. The van der Waals surface area contributed by atoms with Gasteiger partial charge in [-0.1, -0.05) is 29.4 Å². The number of guanidine groups is 1. The van der Waals surface area contributed by atoms with Gasteiger partial charge in [0.2, 0.25) is 5.96 Å². The number of amides is 1. The average molecular weight is 529 g/mol. The summed E-state index contributed by atoms with van der Waals surface area (Å²) in [6.45, 7) is 7.34. The van der Waals surface area contributed by atoms with Crippen molar-refractivity contribution in [3.8, 4) is 0 Å². The largest absolute Gasteiger partial charge is 0.371 e. The summed E-state index contributed by atoms with van der Waals surface area (Å²) in [6.07, 6.45) is 2.30. The highest BCUT2D eigenvalue weighted by Crippen LogP contribution is 2.37. The lowest BCUT2D eigenvalue weighted by molar-refractivity contribution is -0.115. The summed E-state index contributed by atoms with van der Waals surface area (Å²) in [4.78, 5) is 27.5. The molecule has 1 N–H and O–H groups in total. The standard InChI is InChI=1S/C26H30ClFN6OS/c1-17-24(36-16-34(25(17)35)23-21(27)6-5-7-22(23)28)31-26(29-2)30-18-8-10-20(11-9-18)33-14-12-19(13-15-33)32(3)4/h5-11,19H,2,12-16H2,1,3-4H3,(H,30,31). The van der Waals surface area contributed by atoms with E-state index in [2.05, 4.69) is 58.0 Å². The molecule has 2 aliphatic rings. The number of hydrogen-bond donors (Lipinski definition) is 1. The first-order valence-corrected chi connectivity index (χ1v) is 13.1. The number of para-hydroxylation sites is 1. The van der Waals surface area contributed by atoms with Crippen molar-refractivity contribution in [2.24, 2.45) is 9.98 Å². The molecule has 2 heterocycles. The van der Waals surface area contributed by atoms with Crippen LogP contribution in [0.5, 0.6) is 0 Å². The van der Waals surface area contributed by atoms with Crippen molar-refractivity contribution in [3.63, 3.8) is 0 Å². The Morgan fingerprint density at radius 2 is 1.89 bits per heavy atom. The van der Waals surface area contributed by atoms with E-state index in [1.165, 1.54) is 34.5 Å². The zero-order valence-electron chi connectivity index (χ0n) is 20.7. The Kier molecular flexibility index (Phi) is 8.33. The van der Waals surface area contributed by atoms with E-state index >= 15 is 0 Å². The fourth-order valence-corrected chi connectivity index (χ4v) is 5.56. The maximum Gasteiger partial charge on any atom is 0.257 e. The van der Waals surface area contributed by atoms with Crippen LogP contribution in [0.2, 0.25) is 5.02 Å². The van der Waals surface area contributed by atoms with Gasteiger partial charge in [-0.05, 0) is 77.0 Å². The van der Waals surface area contributed by atoms with E-state index < -0.39 is 5.82 Å². The average Bonchev–Trinajstić information content (AvgIpc) is 2.88. The van der Waals surface area contributed by atoms with E-state index in [-0.39, 0.29) is 28.5 Å². The fourth-order valence-electron chi connectivity index (χ4n) is 4.34. The molecule has 4 rings (SSSR count). The summed E-state index contributed by atoms with van der Waals surface area (Å²) in [6, 6.07) is 13.1. The number of nitrogens with zero attached hydrogens (tertiary/aromatic N) is 5. The normalized spacial score (nSPS) is 17.7.